The summed E-state index contributed by atoms with van der Waals surface area (Å²) in [6.07, 6.45) is 3.23. The lowest BCUT2D eigenvalue weighted by Crippen LogP contribution is -2.25. The van der Waals surface area contributed by atoms with Gasteiger partial charge in [0.25, 0.3) is 5.56 Å². The van der Waals surface area contributed by atoms with Crippen molar-refractivity contribution in [3.63, 3.8) is 0 Å². The molecule has 1 heterocycles. The molecule has 4 heteroatoms. The Bertz CT molecular complexity index is 544. The molecule has 0 spiro atoms. The molecule has 2 aromatic rings. The van der Waals surface area contributed by atoms with Gasteiger partial charge in [-0.05, 0) is 18.6 Å². The fourth-order valence-corrected chi connectivity index (χ4v) is 3.13. The van der Waals surface area contributed by atoms with Gasteiger partial charge in [-0.3, -0.25) is 8.75 Å². The number of unbranched alkanes of at least 4 members (excludes halogenated alkanes) is 1. The van der Waals surface area contributed by atoms with E-state index in [1.807, 2.05) is 28.2 Å². The van der Waals surface area contributed by atoms with Gasteiger partial charge >= 0.3 is 0 Å². The standard InChI is InChI=1S/C13H18N2OS/c1-2-3-6-10(9-14)15-13(16)11-7-4-5-8-12(11)17-15/h4-5,7-8,10H,2-3,6,9,14H2,1H3. The van der Waals surface area contributed by atoms with Crippen LogP contribution in [-0.2, 0) is 0 Å². The molecule has 0 fully saturated rings. The summed E-state index contributed by atoms with van der Waals surface area (Å²) in [6, 6.07) is 7.90. The number of hydrogen-bond acceptors (Lipinski definition) is 3. The molecule has 0 bridgehead atoms. The Morgan fingerprint density at radius 2 is 2.18 bits per heavy atom. The lowest BCUT2D eigenvalue weighted by atomic mass is 10.1. The van der Waals surface area contributed by atoms with Gasteiger partial charge in [0.2, 0.25) is 0 Å². The first-order chi connectivity index (χ1) is 8.27. The molecule has 1 aromatic carbocycles. The van der Waals surface area contributed by atoms with Gasteiger partial charge < -0.3 is 5.73 Å². The summed E-state index contributed by atoms with van der Waals surface area (Å²) in [6.45, 7) is 2.69. The number of rotatable bonds is 5. The third-order valence-electron chi connectivity index (χ3n) is 3.01. The molecule has 92 valence electrons. The molecule has 1 aromatic heterocycles. The van der Waals surface area contributed by atoms with Gasteiger partial charge in [0, 0.05) is 6.54 Å². The van der Waals surface area contributed by atoms with Crippen molar-refractivity contribution in [2.24, 2.45) is 5.73 Å². The third-order valence-corrected chi connectivity index (χ3v) is 4.22. The van der Waals surface area contributed by atoms with Crippen molar-refractivity contribution in [2.45, 2.75) is 32.2 Å². The summed E-state index contributed by atoms with van der Waals surface area (Å²) in [7, 11) is 0. The molecule has 0 saturated heterocycles. The van der Waals surface area contributed by atoms with Crippen LogP contribution < -0.4 is 11.3 Å². The van der Waals surface area contributed by atoms with Crippen LogP contribution in [-0.4, -0.2) is 10.5 Å². The predicted octanol–water partition coefficient (Wildman–Crippen LogP) is 2.75. The number of hydrogen-bond donors (Lipinski definition) is 1. The minimum Gasteiger partial charge on any atom is -0.328 e. The van der Waals surface area contributed by atoms with E-state index >= 15 is 0 Å². The summed E-state index contributed by atoms with van der Waals surface area (Å²) >= 11 is 1.53. The van der Waals surface area contributed by atoms with E-state index in [1.165, 1.54) is 11.5 Å². The highest BCUT2D eigenvalue weighted by molar-refractivity contribution is 7.13. The van der Waals surface area contributed by atoms with Gasteiger partial charge in [-0.2, -0.15) is 0 Å². The molecule has 2 rings (SSSR count). The molecular formula is C13H18N2OS. The Hall–Kier alpha value is -1.13. The Kier molecular flexibility index (Phi) is 3.97. The van der Waals surface area contributed by atoms with Crippen molar-refractivity contribution in [3.05, 3.63) is 34.6 Å². The fourth-order valence-electron chi connectivity index (χ4n) is 2.00. The van der Waals surface area contributed by atoms with E-state index in [1.54, 1.807) is 0 Å². The molecule has 0 saturated carbocycles. The van der Waals surface area contributed by atoms with E-state index < -0.39 is 0 Å². The van der Waals surface area contributed by atoms with Crippen LogP contribution in [0, 0.1) is 0 Å². The Morgan fingerprint density at radius 3 is 2.82 bits per heavy atom. The number of aromatic nitrogens is 1. The van der Waals surface area contributed by atoms with Gasteiger partial charge in [0.05, 0.1) is 16.1 Å². The minimum atomic E-state index is 0.108. The van der Waals surface area contributed by atoms with E-state index in [4.69, 9.17) is 5.73 Å². The highest BCUT2D eigenvalue weighted by atomic mass is 32.1. The van der Waals surface area contributed by atoms with Crippen molar-refractivity contribution in [1.82, 2.24) is 3.96 Å². The van der Waals surface area contributed by atoms with Crippen LogP contribution in [0.5, 0.6) is 0 Å². The summed E-state index contributed by atoms with van der Waals surface area (Å²) in [5, 5.41) is 0.812. The topological polar surface area (TPSA) is 48.0 Å². The molecule has 0 aliphatic heterocycles. The van der Waals surface area contributed by atoms with Crippen LogP contribution in [0.4, 0.5) is 0 Å². The third kappa shape index (κ3) is 2.42. The van der Waals surface area contributed by atoms with E-state index in [9.17, 15) is 4.79 Å². The molecule has 1 atom stereocenters. The van der Waals surface area contributed by atoms with Crippen LogP contribution in [0.15, 0.2) is 29.1 Å². The monoisotopic (exact) mass is 250 g/mol. The van der Waals surface area contributed by atoms with Crippen molar-refractivity contribution < 1.29 is 0 Å². The maximum Gasteiger partial charge on any atom is 0.268 e. The molecular weight excluding hydrogens is 232 g/mol. The van der Waals surface area contributed by atoms with Gasteiger partial charge in [-0.15, -0.1) is 0 Å². The molecule has 0 radical (unpaired) electrons. The first kappa shape index (κ1) is 12.3. The predicted molar refractivity (Wildman–Crippen MR) is 73.7 cm³/mol. The number of benzene rings is 1. The summed E-state index contributed by atoms with van der Waals surface area (Å²) in [4.78, 5) is 12.2. The van der Waals surface area contributed by atoms with Gasteiger partial charge in [0.15, 0.2) is 0 Å². The SMILES string of the molecule is CCCCC(CN)n1sc2ccccc2c1=O. The maximum atomic E-state index is 12.2. The van der Waals surface area contributed by atoms with Crippen LogP contribution >= 0.6 is 11.5 Å². The second-order valence-electron chi connectivity index (χ2n) is 4.25. The van der Waals surface area contributed by atoms with Gasteiger partial charge in [-0.1, -0.05) is 43.4 Å². The minimum absolute atomic E-state index is 0.108. The second-order valence-corrected chi connectivity index (χ2v) is 5.27. The molecule has 0 aliphatic rings. The van der Waals surface area contributed by atoms with Crippen LogP contribution in [0.2, 0.25) is 0 Å². The first-order valence-electron chi connectivity index (χ1n) is 6.08. The zero-order chi connectivity index (χ0) is 12.3. The molecule has 2 N–H and O–H groups in total. The van der Waals surface area contributed by atoms with Crippen LogP contribution in [0.3, 0.4) is 0 Å². The van der Waals surface area contributed by atoms with Crippen molar-refractivity contribution in [2.75, 3.05) is 6.54 Å². The Balaban J connectivity index is 2.40. The van der Waals surface area contributed by atoms with E-state index in [2.05, 4.69) is 6.92 Å². The van der Waals surface area contributed by atoms with E-state index in [0.717, 1.165) is 29.3 Å². The lowest BCUT2D eigenvalue weighted by molar-refractivity contribution is 0.477. The number of fused-ring (bicyclic) bond motifs is 1. The number of nitrogens with zero attached hydrogens (tertiary/aromatic N) is 1. The lowest BCUT2D eigenvalue weighted by Gasteiger charge is -2.13. The van der Waals surface area contributed by atoms with E-state index in [-0.39, 0.29) is 11.6 Å². The zero-order valence-electron chi connectivity index (χ0n) is 10.1. The second kappa shape index (κ2) is 5.47. The zero-order valence-corrected chi connectivity index (χ0v) is 10.9. The van der Waals surface area contributed by atoms with Crippen molar-refractivity contribution in [3.8, 4) is 0 Å². The highest BCUT2D eigenvalue weighted by Crippen LogP contribution is 2.21. The fraction of sp³-hybridized carbons (Fsp3) is 0.462. The molecule has 17 heavy (non-hydrogen) atoms. The Labute approximate surface area is 105 Å². The van der Waals surface area contributed by atoms with E-state index in [0.29, 0.717) is 6.54 Å². The molecule has 0 amide bonds. The van der Waals surface area contributed by atoms with Crippen LogP contribution in [0.25, 0.3) is 10.1 Å². The normalized spacial score (nSPS) is 13.1. The maximum absolute atomic E-state index is 12.2. The average molecular weight is 250 g/mol. The smallest absolute Gasteiger partial charge is 0.268 e. The summed E-state index contributed by atoms with van der Waals surface area (Å²) in [5.41, 5.74) is 5.89. The summed E-state index contributed by atoms with van der Waals surface area (Å²) < 4.78 is 2.90. The molecule has 0 aliphatic carbocycles. The average Bonchev–Trinajstić information content (AvgIpc) is 2.69. The van der Waals surface area contributed by atoms with Crippen molar-refractivity contribution >= 4 is 21.6 Å². The van der Waals surface area contributed by atoms with Crippen molar-refractivity contribution in [1.29, 1.82) is 0 Å². The molecule has 1 unspecified atom stereocenters. The quantitative estimate of drug-likeness (QED) is 0.887. The Morgan fingerprint density at radius 1 is 1.41 bits per heavy atom. The van der Waals surface area contributed by atoms with Gasteiger partial charge in [0.1, 0.15) is 0 Å². The van der Waals surface area contributed by atoms with Gasteiger partial charge in [-0.25, -0.2) is 0 Å². The largest absolute Gasteiger partial charge is 0.328 e. The van der Waals surface area contributed by atoms with Crippen LogP contribution in [0.1, 0.15) is 32.2 Å². The highest BCUT2D eigenvalue weighted by Gasteiger charge is 2.14. The first-order valence-corrected chi connectivity index (χ1v) is 6.86. The number of nitrogens with two attached hydrogens (primary N) is 1. The summed E-state index contributed by atoms with van der Waals surface area (Å²) in [5.74, 6) is 0. The molecule has 3 nitrogen and oxygen atoms in total.